The number of aliphatic hydroxyl groups excluding tert-OH is 1. The van der Waals surface area contributed by atoms with Gasteiger partial charge in [-0.05, 0) is 43.9 Å². The standard InChI is InChI=1S/C15H24O2/c1-9-5-4-7-15(3)8-6-11-10(2)14(16)17-13(11)12(9)15/h5,10-14,16H,4,6-8H2,1-3H3/t10-,11-,12+,13-,14?,15+/m0/s1. The van der Waals surface area contributed by atoms with Crippen LogP contribution in [0.2, 0.25) is 0 Å². The SMILES string of the molecule is CC1=CCC[C@]2(C)CC[C@@H]3[C@H](OC(O)[C@H]3C)[C@@H]12. The Hall–Kier alpha value is -0.340. The van der Waals surface area contributed by atoms with E-state index >= 15 is 0 Å². The van der Waals surface area contributed by atoms with Crippen LogP contribution in [0.25, 0.3) is 0 Å². The second kappa shape index (κ2) is 3.83. The average Bonchev–Trinajstić information content (AvgIpc) is 2.54. The van der Waals surface area contributed by atoms with E-state index in [4.69, 9.17) is 4.74 Å². The Labute approximate surface area is 104 Å². The highest BCUT2D eigenvalue weighted by atomic mass is 16.6. The number of ether oxygens (including phenoxy) is 1. The molecule has 2 heteroatoms. The summed E-state index contributed by atoms with van der Waals surface area (Å²) in [6.07, 6.45) is 7.12. The molecule has 0 aromatic carbocycles. The molecular formula is C15H24O2. The van der Waals surface area contributed by atoms with E-state index in [2.05, 4.69) is 26.8 Å². The first-order chi connectivity index (χ1) is 8.03. The van der Waals surface area contributed by atoms with Gasteiger partial charge in [-0.15, -0.1) is 0 Å². The van der Waals surface area contributed by atoms with Crippen molar-refractivity contribution in [2.45, 2.75) is 58.8 Å². The molecule has 6 atom stereocenters. The van der Waals surface area contributed by atoms with Gasteiger partial charge < -0.3 is 9.84 Å². The summed E-state index contributed by atoms with van der Waals surface area (Å²) >= 11 is 0. The quantitative estimate of drug-likeness (QED) is 0.655. The monoisotopic (exact) mass is 236 g/mol. The van der Waals surface area contributed by atoms with Crippen LogP contribution in [0.15, 0.2) is 11.6 Å². The number of aliphatic hydroxyl groups is 1. The first kappa shape index (κ1) is 11.7. The first-order valence-electron chi connectivity index (χ1n) is 7.03. The predicted octanol–water partition coefficient (Wildman–Crippen LogP) is 3.11. The van der Waals surface area contributed by atoms with Crippen molar-refractivity contribution >= 4 is 0 Å². The fourth-order valence-electron chi connectivity index (χ4n) is 4.54. The van der Waals surface area contributed by atoms with Gasteiger partial charge >= 0.3 is 0 Å². The molecule has 0 aromatic rings. The topological polar surface area (TPSA) is 29.5 Å². The van der Waals surface area contributed by atoms with Crippen molar-refractivity contribution in [3.63, 3.8) is 0 Å². The third-order valence-electron chi connectivity index (χ3n) is 5.64. The molecule has 2 fully saturated rings. The lowest BCUT2D eigenvalue weighted by molar-refractivity contribution is -0.134. The first-order valence-corrected chi connectivity index (χ1v) is 7.03. The molecule has 3 aliphatic rings. The molecule has 1 saturated carbocycles. The largest absolute Gasteiger partial charge is 0.368 e. The van der Waals surface area contributed by atoms with Crippen molar-refractivity contribution in [3.8, 4) is 0 Å². The van der Waals surface area contributed by atoms with E-state index in [9.17, 15) is 5.11 Å². The smallest absolute Gasteiger partial charge is 0.157 e. The minimum absolute atomic E-state index is 0.260. The molecule has 96 valence electrons. The summed E-state index contributed by atoms with van der Waals surface area (Å²) in [5, 5.41) is 9.95. The van der Waals surface area contributed by atoms with E-state index in [1.54, 1.807) is 0 Å². The number of allylic oxidation sites excluding steroid dienone is 1. The Morgan fingerprint density at radius 1 is 1.41 bits per heavy atom. The summed E-state index contributed by atoms with van der Waals surface area (Å²) in [6.45, 7) is 6.81. The number of hydrogen-bond acceptors (Lipinski definition) is 2. The maximum Gasteiger partial charge on any atom is 0.157 e. The number of hydrogen-bond donors (Lipinski definition) is 1. The van der Waals surface area contributed by atoms with Crippen LogP contribution < -0.4 is 0 Å². The molecule has 0 aromatic heterocycles. The lowest BCUT2D eigenvalue weighted by Crippen LogP contribution is -2.46. The van der Waals surface area contributed by atoms with Gasteiger partial charge in [-0.25, -0.2) is 0 Å². The lowest BCUT2D eigenvalue weighted by atomic mass is 9.56. The van der Waals surface area contributed by atoms with Gasteiger partial charge in [0.2, 0.25) is 0 Å². The summed E-state index contributed by atoms with van der Waals surface area (Å²) in [5.74, 6) is 1.40. The molecular weight excluding hydrogens is 212 g/mol. The molecule has 2 nitrogen and oxygen atoms in total. The molecule has 1 saturated heterocycles. The highest BCUT2D eigenvalue weighted by Gasteiger charge is 2.54. The van der Waals surface area contributed by atoms with Crippen molar-refractivity contribution in [1.29, 1.82) is 0 Å². The summed E-state index contributed by atoms with van der Waals surface area (Å²) < 4.78 is 5.90. The van der Waals surface area contributed by atoms with Gasteiger partial charge in [-0.2, -0.15) is 0 Å². The molecule has 1 aliphatic heterocycles. The minimum atomic E-state index is -0.540. The Morgan fingerprint density at radius 2 is 2.18 bits per heavy atom. The molecule has 0 radical (unpaired) electrons. The number of fused-ring (bicyclic) bond motifs is 3. The molecule has 17 heavy (non-hydrogen) atoms. The highest BCUT2D eigenvalue weighted by molar-refractivity contribution is 5.18. The third-order valence-corrected chi connectivity index (χ3v) is 5.64. The van der Waals surface area contributed by atoms with Crippen LogP contribution in [0.3, 0.4) is 0 Å². The van der Waals surface area contributed by atoms with E-state index in [-0.39, 0.29) is 6.10 Å². The van der Waals surface area contributed by atoms with Gasteiger partial charge in [0.05, 0.1) is 6.10 Å². The zero-order chi connectivity index (χ0) is 12.2. The van der Waals surface area contributed by atoms with Crippen LogP contribution in [-0.2, 0) is 4.74 Å². The zero-order valence-corrected chi connectivity index (χ0v) is 11.1. The predicted molar refractivity (Wildman–Crippen MR) is 67.4 cm³/mol. The van der Waals surface area contributed by atoms with Gasteiger partial charge in [-0.1, -0.05) is 25.5 Å². The fraction of sp³-hybridized carbons (Fsp3) is 0.867. The zero-order valence-electron chi connectivity index (χ0n) is 11.1. The fourth-order valence-corrected chi connectivity index (χ4v) is 4.54. The molecule has 1 N–H and O–H groups in total. The van der Waals surface area contributed by atoms with Crippen molar-refractivity contribution in [2.75, 3.05) is 0 Å². The normalized spacial score (nSPS) is 53.9. The highest BCUT2D eigenvalue weighted by Crippen LogP contribution is 2.56. The van der Waals surface area contributed by atoms with E-state index < -0.39 is 6.29 Å². The van der Waals surface area contributed by atoms with Crippen LogP contribution in [0.1, 0.15) is 46.5 Å². The van der Waals surface area contributed by atoms with Crippen molar-refractivity contribution in [1.82, 2.24) is 0 Å². The Balaban J connectivity index is 1.95. The van der Waals surface area contributed by atoms with E-state index in [0.29, 0.717) is 23.2 Å². The molecule has 3 rings (SSSR count). The Kier molecular flexibility index (Phi) is 2.64. The lowest BCUT2D eigenvalue weighted by Gasteiger charge is -2.50. The second-order valence-corrected chi connectivity index (χ2v) is 6.67. The van der Waals surface area contributed by atoms with Crippen molar-refractivity contribution in [2.24, 2.45) is 23.2 Å². The van der Waals surface area contributed by atoms with Gasteiger partial charge in [0, 0.05) is 11.8 Å². The third kappa shape index (κ3) is 1.61. The van der Waals surface area contributed by atoms with Gasteiger partial charge in [0.25, 0.3) is 0 Å². The van der Waals surface area contributed by atoms with Gasteiger partial charge in [0.15, 0.2) is 6.29 Å². The van der Waals surface area contributed by atoms with Crippen LogP contribution >= 0.6 is 0 Å². The van der Waals surface area contributed by atoms with E-state index in [1.165, 1.54) is 31.3 Å². The second-order valence-electron chi connectivity index (χ2n) is 6.67. The van der Waals surface area contributed by atoms with Crippen molar-refractivity contribution < 1.29 is 9.84 Å². The van der Waals surface area contributed by atoms with Crippen LogP contribution in [0.5, 0.6) is 0 Å². The van der Waals surface area contributed by atoms with Crippen LogP contribution in [0.4, 0.5) is 0 Å². The maximum absolute atomic E-state index is 9.95. The molecule has 1 heterocycles. The van der Waals surface area contributed by atoms with E-state index in [1.807, 2.05) is 0 Å². The van der Waals surface area contributed by atoms with Gasteiger partial charge in [-0.3, -0.25) is 0 Å². The maximum atomic E-state index is 9.95. The molecule has 0 amide bonds. The molecule has 2 aliphatic carbocycles. The summed E-state index contributed by atoms with van der Waals surface area (Å²) in [4.78, 5) is 0. The molecule has 0 spiro atoms. The van der Waals surface area contributed by atoms with Gasteiger partial charge in [0.1, 0.15) is 0 Å². The summed E-state index contributed by atoms with van der Waals surface area (Å²) in [5.41, 5.74) is 1.90. The molecule has 0 bridgehead atoms. The average molecular weight is 236 g/mol. The molecule has 1 unspecified atom stereocenters. The Bertz CT molecular complexity index is 349. The Morgan fingerprint density at radius 3 is 2.94 bits per heavy atom. The minimum Gasteiger partial charge on any atom is -0.368 e. The summed E-state index contributed by atoms with van der Waals surface area (Å²) in [7, 11) is 0. The van der Waals surface area contributed by atoms with E-state index in [0.717, 1.165) is 0 Å². The van der Waals surface area contributed by atoms with Crippen molar-refractivity contribution in [3.05, 3.63) is 11.6 Å². The van der Waals surface area contributed by atoms with Crippen LogP contribution in [0, 0.1) is 23.2 Å². The van der Waals surface area contributed by atoms with Crippen LogP contribution in [-0.4, -0.2) is 17.5 Å². The number of rotatable bonds is 0. The summed E-state index contributed by atoms with van der Waals surface area (Å²) in [6, 6.07) is 0.